The molecule has 0 unspecified atom stereocenters. The van der Waals surface area contributed by atoms with Crippen molar-refractivity contribution < 1.29 is 23.9 Å². The van der Waals surface area contributed by atoms with Gasteiger partial charge in [-0.2, -0.15) is 0 Å². The molecule has 6 heteroatoms. The van der Waals surface area contributed by atoms with Crippen LogP contribution in [-0.4, -0.2) is 42.5 Å². The number of ether oxygens (including phenoxy) is 2. The zero-order valence-electron chi connectivity index (χ0n) is 13.3. The van der Waals surface area contributed by atoms with Gasteiger partial charge in [0.15, 0.2) is 0 Å². The monoisotopic (exact) mass is 307 g/mol. The van der Waals surface area contributed by atoms with E-state index in [2.05, 4.69) is 4.74 Å². The first kappa shape index (κ1) is 17.7. The first-order chi connectivity index (χ1) is 10.3. The fourth-order valence-electron chi connectivity index (χ4n) is 1.73. The van der Waals surface area contributed by atoms with Crippen molar-refractivity contribution in [1.82, 2.24) is 4.90 Å². The maximum Gasteiger partial charge on any atom is 0.411 e. The van der Waals surface area contributed by atoms with Crippen LogP contribution in [0.25, 0.3) is 0 Å². The molecule has 0 aromatic heterocycles. The number of benzene rings is 1. The molecule has 120 valence electrons. The smallest absolute Gasteiger partial charge is 0.411 e. The van der Waals surface area contributed by atoms with E-state index in [1.807, 2.05) is 0 Å². The summed E-state index contributed by atoms with van der Waals surface area (Å²) in [4.78, 5) is 36.0. The van der Waals surface area contributed by atoms with Crippen molar-refractivity contribution in [2.24, 2.45) is 0 Å². The van der Waals surface area contributed by atoms with Gasteiger partial charge >= 0.3 is 12.1 Å². The zero-order valence-corrected chi connectivity index (χ0v) is 13.3. The summed E-state index contributed by atoms with van der Waals surface area (Å²) in [6.07, 6.45) is 0.0689. The molecule has 0 aliphatic rings. The third kappa shape index (κ3) is 5.55. The normalized spacial score (nSPS) is 10.7. The number of rotatable bonds is 5. The second-order valence-electron chi connectivity index (χ2n) is 5.73. The molecule has 0 N–H and O–H groups in total. The van der Waals surface area contributed by atoms with E-state index in [0.29, 0.717) is 17.4 Å². The third-order valence-electron chi connectivity index (χ3n) is 2.74. The Balaban J connectivity index is 2.97. The van der Waals surface area contributed by atoms with Gasteiger partial charge in [0.05, 0.1) is 13.7 Å². The topological polar surface area (TPSA) is 72.9 Å². The lowest BCUT2D eigenvalue weighted by Gasteiger charge is -2.27. The predicted octanol–water partition coefficient (Wildman–Crippen LogP) is 2.41. The fraction of sp³-hybridized carbons (Fsp3) is 0.438. The first-order valence-electron chi connectivity index (χ1n) is 6.84. The number of hydrogen-bond donors (Lipinski definition) is 0. The van der Waals surface area contributed by atoms with Gasteiger partial charge in [0, 0.05) is 5.56 Å². The Kier molecular flexibility index (Phi) is 6.10. The van der Waals surface area contributed by atoms with Gasteiger partial charge in [-0.05, 0) is 26.3 Å². The van der Waals surface area contributed by atoms with Gasteiger partial charge in [0.1, 0.15) is 18.4 Å². The Morgan fingerprint density at radius 3 is 2.41 bits per heavy atom. The van der Waals surface area contributed by atoms with E-state index in [1.54, 1.807) is 45.0 Å². The van der Waals surface area contributed by atoms with Crippen molar-refractivity contribution in [2.45, 2.75) is 32.9 Å². The van der Waals surface area contributed by atoms with Gasteiger partial charge in [0.2, 0.25) is 0 Å². The molecule has 1 rings (SSSR count). The molecule has 22 heavy (non-hydrogen) atoms. The largest absolute Gasteiger partial charge is 0.468 e. The molecule has 0 spiro atoms. The number of methoxy groups -OCH3 is 1. The molecule has 6 nitrogen and oxygen atoms in total. The van der Waals surface area contributed by atoms with E-state index in [-0.39, 0.29) is 13.1 Å². The molecule has 0 aliphatic heterocycles. The summed E-state index contributed by atoms with van der Waals surface area (Å²) in [5, 5.41) is 0. The Bertz CT molecular complexity index is 548. The lowest BCUT2D eigenvalue weighted by Crippen LogP contribution is -2.39. The molecule has 1 amide bonds. The standard InChI is InChI=1S/C16H21NO5/c1-16(2,3)22-15(20)17(10-14(19)21-4)9-12-7-5-6-8-13(12)11-18/h5-8,11H,9-10H2,1-4H3. The summed E-state index contributed by atoms with van der Waals surface area (Å²) in [6.45, 7) is 5.04. The number of nitrogens with zero attached hydrogens (tertiary/aromatic N) is 1. The van der Waals surface area contributed by atoms with Crippen molar-refractivity contribution in [3.8, 4) is 0 Å². The van der Waals surface area contributed by atoms with E-state index in [1.165, 1.54) is 12.0 Å². The van der Waals surface area contributed by atoms with E-state index < -0.39 is 17.7 Å². The average molecular weight is 307 g/mol. The number of esters is 1. The van der Waals surface area contributed by atoms with Crippen LogP contribution >= 0.6 is 0 Å². The second kappa shape index (κ2) is 7.59. The van der Waals surface area contributed by atoms with Crippen molar-refractivity contribution in [3.63, 3.8) is 0 Å². The highest BCUT2D eigenvalue weighted by Crippen LogP contribution is 2.14. The van der Waals surface area contributed by atoms with Crippen molar-refractivity contribution in [2.75, 3.05) is 13.7 Å². The molecule has 0 saturated carbocycles. The van der Waals surface area contributed by atoms with Gasteiger partial charge in [-0.15, -0.1) is 0 Å². The zero-order chi connectivity index (χ0) is 16.8. The maximum absolute atomic E-state index is 12.2. The highest BCUT2D eigenvalue weighted by molar-refractivity contribution is 5.80. The van der Waals surface area contributed by atoms with E-state index in [0.717, 1.165) is 0 Å². The third-order valence-corrected chi connectivity index (χ3v) is 2.74. The number of hydrogen-bond acceptors (Lipinski definition) is 5. The summed E-state index contributed by atoms with van der Waals surface area (Å²) in [5.74, 6) is -0.561. The molecule has 0 bridgehead atoms. The minimum absolute atomic E-state index is 0.0823. The van der Waals surface area contributed by atoms with Crippen LogP contribution in [0.2, 0.25) is 0 Å². The summed E-state index contributed by atoms with van der Waals surface area (Å²) in [5.41, 5.74) is 0.406. The number of carbonyl (C=O) groups is 3. The minimum Gasteiger partial charge on any atom is -0.468 e. The van der Waals surface area contributed by atoms with Crippen LogP contribution in [-0.2, 0) is 20.8 Å². The molecule has 0 radical (unpaired) electrons. The Hall–Kier alpha value is -2.37. The van der Waals surface area contributed by atoms with Crippen LogP contribution in [0.1, 0.15) is 36.7 Å². The molecule has 0 saturated heterocycles. The summed E-state index contributed by atoms with van der Waals surface area (Å²) >= 11 is 0. The fourth-order valence-corrected chi connectivity index (χ4v) is 1.73. The van der Waals surface area contributed by atoms with Crippen LogP contribution in [0.15, 0.2) is 24.3 Å². The molecular formula is C16H21NO5. The molecule has 0 heterocycles. The van der Waals surface area contributed by atoms with E-state index >= 15 is 0 Å². The summed E-state index contributed by atoms with van der Waals surface area (Å²) in [7, 11) is 1.25. The summed E-state index contributed by atoms with van der Waals surface area (Å²) < 4.78 is 9.88. The van der Waals surface area contributed by atoms with Crippen LogP contribution in [0.3, 0.4) is 0 Å². The minimum atomic E-state index is -0.685. The Labute approximate surface area is 130 Å². The summed E-state index contributed by atoms with van der Waals surface area (Å²) in [6, 6.07) is 6.85. The van der Waals surface area contributed by atoms with Crippen LogP contribution in [0.5, 0.6) is 0 Å². The van der Waals surface area contributed by atoms with Gasteiger partial charge < -0.3 is 9.47 Å². The van der Waals surface area contributed by atoms with Gasteiger partial charge in [-0.1, -0.05) is 24.3 Å². The SMILES string of the molecule is COC(=O)CN(Cc1ccccc1C=O)C(=O)OC(C)(C)C. The molecule has 0 atom stereocenters. The van der Waals surface area contributed by atoms with E-state index in [9.17, 15) is 14.4 Å². The molecule has 0 fully saturated rings. The van der Waals surface area contributed by atoms with Gasteiger partial charge in [-0.3, -0.25) is 14.5 Å². The first-order valence-corrected chi connectivity index (χ1v) is 6.84. The number of aldehydes is 1. The molecule has 1 aromatic rings. The number of amides is 1. The molecule has 1 aromatic carbocycles. The van der Waals surface area contributed by atoms with Gasteiger partial charge in [-0.25, -0.2) is 4.79 Å². The van der Waals surface area contributed by atoms with Crippen molar-refractivity contribution in [3.05, 3.63) is 35.4 Å². The number of carbonyl (C=O) groups excluding carboxylic acids is 3. The predicted molar refractivity (Wildman–Crippen MR) is 80.5 cm³/mol. The molecular weight excluding hydrogens is 286 g/mol. The van der Waals surface area contributed by atoms with Crippen molar-refractivity contribution >= 4 is 18.3 Å². The Morgan fingerprint density at radius 2 is 1.86 bits per heavy atom. The lowest BCUT2D eigenvalue weighted by atomic mass is 10.1. The Morgan fingerprint density at radius 1 is 1.23 bits per heavy atom. The van der Waals surface area contributed by atoms with Crippen LogP contribution < -0.4 is 0 Å². The quantitative estimate of drug-likeness (QED) is 0.617. The van der Waals surface area contributed by atoms with Crippen molar-refractivity contribution in [1.29, 1.82) is 0 Å². The highest BCUT2D eigenvalue weighted by atomic mass is 16.6. The second-order valence-corrected chi connectivity index (χ2v) is 5.73. The molecule has 0 aliphatic carbocycles. The van der Waals surface area contributed by atoms with Crippen LogP contribution in [0, 0.1) is 0 Å². The van der Waals surface area contributed by atoms with E-state index in [4.69, 9.17) is 4.74 Å². The average Bonchev–Trinajstić information content (AvgIpc) is 2.45. The maximum atomic E-state index is 12.2. The van der Waals surface area contributed by atoms with Crippen LogP contribution in [0.4, 0.5) is 4.79 Å². The van der Waals surface area contributed by atoms with Gasteiger partial charge in [0.25, 0.3) is 0 Å². The lowest BCUT2D eigenvalue weighted by molar-refractivity contribution is -0.142. The highest BCUT2D eigenvalue weighted by Gasteiger charge is 2.25.